The van der Waals surface area contributed by atoms with E-state index in [0.717, 1.165) is 0 Å². The molecule has 1 aromatic rings. The van der Waals surface area contributed by atoms with Crippen LogP contribution in [0.3, 0.4) is 0 Å². The van der Waals surface area contributed by atoms with Gasteiger partial charge >= 0.3 is 6.61 Å². The molecule has 0 bridgehead atoms. The van der Waals surface area contributed by atoms with Gasteiger partial charge in [-0.1, -0.05) is 11.6 Å². The third kappa shape index (κ3) is 2.45. The minimum Gasteiger partial charge on any atom is -0.433 e. The molecular formula is C8H8ClF2NO. The zero-order valence-electron chi connectivity index (χ0n) is 6.85. The van der Waals surface area contributed by atoms with Crippen LogP contribution in [-0.2, 0) is 0 Å². The Balaban J connectivity index is 3.05. The van der Waals surface area contributed by atoms with Gasteiger partial charge in [-0.2, -0.15) is 8.78 Å². The molecular weight excluding hydrogens is 200 g/mol. The molecule has 0 saturated carbocycles. The van der Waals surface area contributed by atoms with Gasteiger partial charge < -0.3 is 10.5 Å². The van der Waals surface area contributed by atoms with Crippen molar-refractivity contribution in [3.05, 3.63) is 22.7 Å². The summed E-state index contributed by atoms with van der Waals surface area (Å²) in [6, 6.07) is 2.84. The van der Waals surface area contributed by atoms with Crippen LogP contribution in [0.4, 0.5) is 14.5 Å². The van der Waals surface area contributed by atoms with Crippen LogP contribution in [0.2, 0.25) is 5.02 Å². The highest BCUT2D eigenvalue weighted by Gasteiger charge is 2.10. The van der Waals surface area contributed by atoms with Gasteiger partial charge in [0, 0.05) is 11.1 Å². The summed E-state index contributed by atoms with van der Waals surface area (Å²) < 4.78 is 27.8. The Kier molecular flexibility index (Phi) is 2.93. The van der Waals surface area contributed by atoms with Crippen LogP contribution >= 0.6 is 11.6 Å². The summed E-state index contributed by atoms with van der Waals surface area (Å²) >= 11 is 5.63. The monoisotopic (exact) mass is 207 g/mol. The van der Waals surface area contributed by atoms with Crippen LogP contribution in [0.25, 0.3) is 0 Å². The third-order valence-corrected chi connectivity index (χ3v) is 1.75. The number of alkyl halides is 2. The fourth-order valence-corrected chi connectivity index (χ4v) is 1.18. The molecule has 1 aromatic carbocycles. The topological polar surface area (TPSA) is 35.2 Å². The zero-order valence-corrected chi connectivity index (χ0v) is 7.61. The standard InChI is InChI=1S/C8H8ClF2NO/c1-4-2-5(9)3-6(7(4)12)13-8(10)11/h2-3,8H,12H2,1H3. The average molecular weight is 208 g/mol. The number of nitrogens with two attached hydrogens (primary N) is 1. The summed E-state index contributed by atoms with van der Waals surface area (Å²) in [5, 5.41) is 0.322. The van der Waals surface area contributed by atoms with E-state index in [0.29, 0.717) is 10.6 Å². The molecule has 2 nitrogen and oxygen atoms in total. The number of anilines is 1. The number of ether oxygens (including phenoxy) is 1. The van der Waals surface area contributed by atoms with Crippen LogP contribution in [0.1, 0.15) is 5.56 Å². The first-order valence-corrected chi connectivity index (χ1v) is 3.89. The number of hydrogen-bond acceptors (Lipinski definition) is 2. The van der Waals surface area contributed by atoms with Crippen LogP contribution in [0.5, 0.6) is 5.75 Å². The minimum absolute atomic E-state index is 0.0833. The van der Waals surface area contributed by atoms with E-state index in [1.807, 2.05) is 0 Å². The van der Waals surface area contributed by atoms with Gasteiger partial charge in [-0.25, -0.2) is 0 Å². The summed E-state index contributed by atoms with van der Waals surface area (Å²) in [5.74, 6) is -0.0833. The summed E-state index contributed by atoms with van der Waals surface area (Å²) in [6.45, 7) is -1.22. The van der Waals surface area contributed by atoms with E-state index in [1.54, 1.807) is 13.0 Å². The third-order valence-electron chi connectivity index (χ3n) is 1.53. The molecule has 13 heavy (non-hydrogen) atoms. The van der Waals surface area contributed by atoms with E-state index in [-0.39, 0.29) is 11.4 Å². The predicted octanol–water partition coefficient (Wildman–Crippen LogP) is 2.83. The van der Waals surface area contributed by atoms with Crippen molar-refractivity contribution in [1.82, 2.24) is 0 Å². The Labute approximate surface area is 79.2 Å². The van der Waals surface area contributed by atoms with E-state index in [9.17, 15) is 8.78 Å². The molecule has 0 aromatic heterocycles. The number of hydrogen-bond donors (Lipinski definition) is 1. The normalized spacial score (nSPS) is 10.5. The van der Waals surface area contributed by atoms with Gasteiger partial charge in [0.1, 0.15) is 0 Å². The van der Waals surface area contributed by atoms with E-state index < -0.39 is 6.61 Å². The van der Waals surface area contributed by atoms with Crippen LogP contribution in [-0.4, -0.2) is 6.61 Å². The van der Waals surface area contributed by atoms with E-state index in [1.165, 1.54) is 6.07 Å². The Morgan fingerprint density at radius 3 is 2.62 bits per heavy atom. The lowest BCUT2D eigenvalue weighted by atomic mass is 10.2. The largest absolute Gasteiger partial charge is 0.433 e. The lowest BCUT2D eigenvalue weighted by molar-refractivity contribution is -0.0493. The van der Waals surface area contributed by atoms with Gasteiger partial charge in [0.05, 0.1) is 5.69 Å². The second-order valence-electron chi connectivity index (χ2n) is 2.51. The van der Waals surface area contributed by atoms with Crippen molar-refractivity contribution in [2.45, 2.75) is 13.5 Å². The summed E-state index contributed by atoms with van der Waals surface area (Å²) in [5.41, 5.74) is 6.28. The molecule has 0 aliphatic carbocycles. The Morgan fingerprint density at radius 1 is 1.46 bits per heavy atom. The van der Waals surface area contributed by atoms with Crippen LogP contribution in [0.15, 0.2) is 12.1 Å². The molecule has 0 amide bonds. The van der Waals surface area contributed by atoms with Gasteiger partial charge in [-0.05, 0) is 18.6 Å². The molecule has 1 rings (SSSR count). The smallest absolute Gasteiger partial charge is 0.387 e. The molecule has 0 saturated heterocycles. The highest BCUT2D eigenvalue weighted by molar-refractivity contribution is 6.30. The summed E-state index contributed by atoms with van der Waals surface area (Å²) in [7, 11) is 0. The van der Waals surface area contributed by atoms with Gasteiger partial charge in [-0.3, -0.25) is 0 Å². The predicted molar refractivity (Wildman–Crippen MR) is 47.2 cm³/mol. The molecule has 0 radical (unpaired) electrons. The van der Waals surface area contributed by atoms with Gasteiger partial charge in [0.2, 0.25) is 0 Å². The van der Waals surface area contributed by atoms with Crippen LogP contribution < -0.4 is 10.5 Å². The molecule has 2 N–H and O–H groups in total. The zero-order chi connectivity index (χ0) is 10.0. The molecule has 72 valence electrons. The van der Waals surface area contributed by atoms with Crippen molar-refractivity contribution in [3.63, 3.8) is 0 Å². The van der Waals surface area contributed by atoms with Crippen molar-refractivity contribution in [2.75, 3.05) is 5.73 Å². The first kappa shape index (κ1) is 10.1. The first-order valence-electron chi connectivity index (χ1n) is 3.51. The SMILES string of the molecule is Cc1cc(Cl)cc(OC(F)F)c1N. The molecule has 0 fully saturated rings. The van der Waals surface area contributed by atoms with Crippen LogP contribution in [0, 0.1) is 6.92 Å². The molecule has 0 spiro atoms. The van der Waals surface area contributed by atoms with Crippen molar-refractivity contribution < 1.29 is 13.5 Å². The van der Waals surface area contributed by atoms with E-state index in [2.05, 4.69) is 4.74 Å². The van der Waals surface area contributed by atoms with Gasteiger partial charge in [-0.15, -0.1) is 0 Å². The second kappa shape index (κ2) is 3.79. The Hall–Kier alpha value is -1.03. The van der Waals surface area contributed by atoms with E-state index in [4.69, 9.17) is 17.3 Å². The molecule has 0 unspecified atom stereocenters. The Bertz CT molecular complexity index is 317. The lowest BCUT2D eigenvalue weighted by Crippen LogP contribution is -2.05. The molecule has 0 atom stereocenters. The van der Waals surface area contributed by atoms with E-state index >= 15 is 0 Å². The minimum atomic E-state index is -2.89. The average Bonchev–Trinajstić information content (AvgIpc) is 1.98. The molecule has 0 aliphatic heterocycles. The van der Waals surface area contributed by atoms with Crippen molar-refractivity contribution in [2.24, 2.45) is 0 Å². The molecule has 0 heterocycles. The highest BCUT2D eigenvalue weighted by atomic mass is 35.5. The first-order chi connectivity index (χ1) is 6.00. The second-order valence-corrected chi connectivity index (χ2v) is 2.95. The quantitative estimate of drug-likeness (QED) is 0.757. The van der Waals surface area contributed by atoms with Crippen molar-refractivity contribution >= 4 is 17.3 Å². The summed E-state index contributed by atoms with van der Waals surface area (Å²) in [4.78, 5) is 0. The summed E-state index contributed by atoms with van der Waals surface area (Å²) in [6.07, 6.45) is 0. The number of rotatable bonds is 2. The highest BCUT2D eigenvalue weighted by Crippen LogP contribution is 2.30. The number of benzene rings is 1. The number of aryl methyl sites for hydroxylation is 1. The van der Waals surface area contributed by atoms with Gasteiger partial charge in [0.15, 0.2) is 5.75 Å². The van der Waals surface area contributed by atoms with Gasteiger partial charge in [0.25, 0.3) is 0 Å². The van der Waals surface area contributed by atoms with Crippen molar-refractivity contribution in [3.8, 4) is 5.75 Å². The maximum Gasteiger partial charge on any atom is 0.387 e. The maximum absolute atomic E-state index is 11.8. The number of halogens is 3. The molecule has 0 aliphatic rings. The fraction of sp³-hybridized carbons (Fsp3) is 0.250. The van der Waals surface area contributed by atoms with Crippen molar-refractivity contribution in [1.29, 1.82) is 0 Å². The Morgan fingerprint density at radius 2 is 2.08 bits per heavy atom. The lowest BCUT2D eigenvalue weighted by Gasteiger charge is -2.09. The number of nitrogen functional groups attached to an aromatic ring is 1. The maximum atomic E-state index is 11.8. The molecule has 5 heteroatoms. The fourth-order valence-electron chi connectivity index (χ4n) is 0.917.